The molecule has 5 rings (SSSR count). The third-order valence-corrected chi connectivity index (χ3v) is 6.37. The minimum Gasteiger partial charge on any atom is -0.496 e. The van der Waals surface area contributed by atoms with Crippen LogP contribution in [0.1, 0.15) is 31.0 Å². The van der Waals surface area contributed by atoms with Gasteiger partial charge in [-0.05, 0) is 78.4 Å². The molecule has 0 bridgehead atoms. The second kappa shape index (κ2) is 7.88. The summed E-state index contributed by atoms with van der Waals surface area (Å²) in [5.41, 5.74) is 4.91. The quantitative estimate of drug-likeness (QED) is 0.584. The van der Waals surface area contributed by atoms with E-state index in [4.69, 9.17) is 14.2 Å². The first-order valence-electron chi connectivity index (χ1n) is 10.6. The van der Waals surface area contributed by atoms with E-state index in [1.54, 1.807) is 7.11 Å². The fraction of sp³-hybridized carbons (Fsp3) is 0.269. The van der Waals surface area contributed by atoms with Gasteiger partial charge in [-0.2, -0.15) is 0 Å². The summed E-state index contributed by atoms with van der Waals surface area (Å²) in [4.78, 5) is 13.3. The zero-order valence-corrected chi connectivity index (χ0v) is 18.1. The van der Waals surface area contributed by atoms with Crippen LogP contribution in [-0.2, 0) is 16.8 Å². The molecular formula is C26H27NO5. The van der Waals surface area contributed by atoms with Gasteiger partial charge in [-0.3, -0.25) is 4.79 Å². The molecule has 6 nitrogen and oxygen atoms in total. The van der Waals surface area contributed by atoms with E-state index >= 15 is 0 Å². The van der Waals surface area contributed by atoms with E-state index in [9.17, 15) is 9.90 Å². The minimum atomic E-state index is -0.532. The molecule has 1 heterocycles. The predicted molar refractivity (Wildman–Crippen MR) is 123 cm³/mol. The Morgan fingerprint density at radius 1 is 1.09 bits per heavy atom. The number of ether oxygens (including phenoxy) is 3. The molecule has 6 heteroatoms. The molecule has 1 amide bonds. The largest absolute Gasteiger partial charge is 0.496 e. The Hall–Kier alpha value is -3.51. The number of aliphatic hydroxyl groups is 1. The fourth-order valence-electron chi connectivity index (χ4n) is 4.30. The van der Waals surface area contributed by atoms with Crippen molar-refractivity contribution >= 4 is 11.6 Å². The van der Waals surface area contributed by atoms with Gasteiger partial charge in [0.2, 0.25) is 12.7 Å². The first-order chi connectivity index (χ1) is 15.5. The van der Waals surface area contributed by atoms with Gasteiger partial charge in [0.1, 0.15) is 5.75 Å². The highest BCUT2D eigenvalue weighted by molar-refractivity contribution is 6.02. The van der Waals surface area contributed by atoms with Crippen LogP contribution in [0.4, 0.5) is 5.69 Å². The van der Waals surface area contributed by atoms with Gasteiger partial charge < -0.3 is 24.6 Å². The van der Waals surface area contributed by atoms with Gasteiger partial charge in [0.05, 0.1) is 19.1 Å². The van der Waals surface area contributed by atoms with Crippen LogP contribution >= 0.6 is 0 Å². The number of nitrogens with one attached hydrogen (secondary N) is 1. The Labute approximate surface area is 188 Å². The van der Waals surface area contributed by atoms with E-state index in [0.717, 1.165) is 52.1 Å². The van der Waals surface area contributed by atoms with Crippen molar-refractivity contribution in [3.05, 3.63) is 71.3 Å². The van der Waals surface area contributed by atoms with Crippen molar-refractivity contribution in [2.45, 2.75) is 31.8 Å². The highest BCUT2D eigenvalue weighted by Crippen LogP contribution is 2.51. The van der Waals surface area contributed by atoms with Crippen LogP contribution in [0.15, 0.2) is 54.6 Å². The minimum absolute atomic E-state index is 0. The lowest BCUT2D eigenvalue weighted by molar-refractivity contribution is -0.118. The van der Waals surface area contributed by atoms with Gasteiger partial charge in [-0.1, -0.05) is 18.2 Å². The van der Waals surface area contributed by atoms with E-state index in [1.165, 1.54) is 0 Å². The number of hydrogen-bond donors (Lipinski definition) is 2. The first-order valence-corrected chi connectivity index (χ1v) is 10.6. The molecule has 0 spiro atoms. The average molecular weight is 434 g/mol. The molecule has 1 aliphatic heterocycles. The van der Waals surface area contributed by atoms with Gasteiger partial charge in [0.15, 0.2) is 11.5 Å². The molecule has 0 unspecified atom stereocenters. The summed E-state index contributed by atoms with van der Waals surface area (Å²) in [5, 5.41) is 12.8. The predicted octanol–water partition coefficient (Wildman–Crippen LogP) is 4.81. The smallest absolute Gasteiger partial charge is 0.235 e. The van der Waals surface area contributed by atoms with E-state index in [2.05, 4.69) is 5.32 Å². The van der Waals surface area contributed by atoms with E-state index in [0.29, 0.717) is 11.5 Å². The molecule has 1 saturated carbocycles. The third-order valence-electron chi connectivity index (χ3n) is 6.37. The number of carbonyl (C=O) groups excluding carboxylic acids is 1. The summed E-state index contributed by atoms with van der Waals surface area (Å²) in [6.45, 7) is 2.14. The number of amides is 1. The van der Waals surface area contributed by atoms with Gasteiger partial charge >= 0.3 is 0 Å². The number of benzene rings is 3. The number of anilines is 1. The summed E-state index contributed by atoms with van der Waals surface area (Å²) in [6.07, 6.45) is 1.60. The first kappa shape index (κ1) is 20.4. The highest BCUT2D eigenvalue weighted by Gasteiger charge is 2.51. The molecule has 166 valence electrons. The van der Waals surface area contributed by atoms with E-state index < -0.39 is 5.41 Å². The van der Waals surface area contributed by atoms with Crippen LogP contribution in [0.2, 0.25) is 0 Å². The molecular weight excluding hydrogens is 406 g/mol. The van der Waals surface area contributed by atoms with Crippen molar-refractivity contribution in [1.29, 1.82) is 0 Å². The Balaban J connectivity index is 0.00000259. The Morgan fingerprint density at radius 3 is 2.66 bits per heavy atom. The van der Waals surface area contributed by atoms with Gasteiger partial charge in [-0.25, -0.2) is 0 Å². The standard InChI is InChI=1S/C26H25NO5.H2/c1-16-3-6-20(13-21(16)17-4-7-22(30-2)18(11-17)14-28)27-25(29)26(9-10-26)19-5-8-23-24(12-19)32-15-31-23;/h3-8,11-13,28H,9-10,14-15H2,1-2H3,(H,27,29);1H. The van der Waals surface area contributed by atoms with Crippen LogP contribution in [0, 0.1) is 6.92 Å². The maximum Gasteiger partial charge on any atom is 0.235 e. The van der Waals surface area contributed by atoms with Gasteiger partial charge in [-0.15, -0.1) is 0 Å². The number of carbonyl (C=O) groups is 1. The Bertz CT molecular complexity index is 1210. The molecule has 3 aromatic carbocycles. The van der Waals surface area contributed by atoms with Crippen molar-refractivity contribution in [3.63, 3.8) is 0 Å². The number of hydrogen-bond acceptors (Lipinski definition) is 5. The fourth-order valence-corrected chi connectivity index (χ4v) is 4.30. The molecule has 32 heavy (non-hydrogen) atoms. The summed E-state index contributed by atoms with van der Waals surface area (Å²) in [6, 6.07) is 17.4. The number of aryl methyl sites for hydroxylation is 1. The maximum absolute atomic E-state index is 13.3. The topological polar surface area (TPSA) is 77.0 Å². The van der Waals surface area contributed by atoms with Crippen LogP contribution < -0.4 is 19.5 Å². The maximum atomic E-state index is 13.3. The molecule has 1 aliphatic carbocycles. The van der Waals surface area contributed by atoms with E-state index in [1.807, 2.05) is 61.5 Å². The molecule has 2 aliphatic rings. The van der Waals surface area contributed by atoms with Crippen molar-refractivity contribution in [1.82, 2.24) is 0 Å². The lowest BCUT2D eigenvalue weighted by Crippen LogP contribution is -2.27. The summed E-state index contributed by atoms with van der Waals surface area (Å²) < 4.78 is 16.2. The molecule has 0 saturated heterocycles. The van der Waals surface area contributed by atoms with Crippen molar-refractivity contribution in [2.24, 2.45) is 0 Å². The van der Waals surface area contributed by atoms with Gasteiger partial charge in [0, 0.05) is 12.7 Å². The number of rotatable bonds is 6. The molecule has 2 N–H and O–H groups in total. The summed E-state index contributed by atoms with van der Waals surface area (Å²) in [5.74, 6) is 2.04. The lowest BCUT2D eigenvalue weighted by Gasteiger charge is -2.18. The SMILES string of the molecule is COc1ccc(-c2cc(NC(=O)C3(c4ccc5c(c4)OCO5)CC3)ccc2C)cc1CO.[HH]. The van der Waals surface area contributed by atoms with Crippen molar-refractivity contribution in [2.75, 3.05) is 19.2 Å². The summed E-state index contributed by atoms with van der Waals surface area (Å²) >= 11 is 0. The summed E-state index contributed by atoms with van der Waals surface area (Å²) in [7, 11) is 1.59. The average Bonchev–Trinajstić information content (AvgIpc) is 3.50. The number of methoxy groups -OCH3 is 1. The lowest BCUT2D eigenvalue weighted by atomic mass is 9.94. The Morgan fingerprint density at radius 2 is 1.91 bits per heavy atom. The zero-order valence-electron chi connectivity index (χ0n) is 18.1. The molecule has 1 fully saturated rings. The molecule has 0 radical (unpaired) electrons. The monoisotopic (exact) mass is 433 g/mol. The highest BCUT2D eigenvalue weighted by atomic mass is 16.7. The number of aliphatic hydroxyl groups excluding tert-OH is 1. The van der Waals surface area contributed by atoms with Crippen LogP contribution in [0.5, 0.6) is 17.2 Å². The van der Waals surface area contributed by atoms with Crippen molar-refractivity contribution < 1.29 is 25.5 Å². The molecule has 0 aromatic heterocycles. The number of fused-ring (bicyclic) bond motifs is 1. The van der Waals surface area contributed by atoms with E-state index in [-0.39, 0.29) is 20.7 Å². The second-order valence-corrected chi connectivity index (χ2v) is 8.32. The van der Waals surface area contributed by atoms with Crippen LogP contribution in [0.25, 0.3) is 11.1 Å². The second-order valence-electron chi connectivity index (χ2n) is 8.32. The molecule has 3 aromatic rings. The zero-order chi connectivity index (χ0) is 22.3. The van der Waals surface area contributed by atoms with Gasteiger partial charge in [0.25, 0.3) is 0 Å². The Kier molecular flexibility index (Phi) is 5.02. The van der Waals surface area contributed by atoms with Crippen LogP contribution in [-0.4, -0.2) is 24.9 Å². The molecule has 0 atom stereocenters. The van der Waals surface area contributed by atoms with Crippen LogP contribution in [0.3, 0.4) is 0 Å². The third kappa shape index (κ3) is 3.46. The van der Waals surface area contributed by atoms with Crippen molar-refractivity contribution in [3.8, 4) is 28.4 Å². The normalized spacial score (nSPS) is 15.3.